The maximum Gasteiger partial charge on any atom is 0.251 e. The molecule has 1 aromatic rings. The molecule has 0 unspecified atom stereocenters. The summed E-state index contributed by atoms with van der Waals surface area (Å²) in [7, 11) is 0. The first-order valence-electron chi connectivity index (χ1n) is 11.1. The molecule has 0 atom stereocenters. The Kier molecular flexibility index (Phi) is 10.6. The Hall–Kier alpha value is -2.08. The number of amides is 2. The fraction of sp³-hybridized carbons (Fsp3) is 0.652. The van der Waals surface area contributed by atoms with Gasteiger partial charge in [-0.05, 0) is 81.9 Å². The Morgan fingerprint density at radius 3 is 2.48 bits per heavy atom. The summed E-state index contributed by atoms with van der Waals surface area (Å²) in [6.45, 7) is 9.28. The number of piperidine rings is 1. The Bertz CT molecular complexity index is 610. The first kappa shape index (κ1) is 23.2. The van der Waals surface area contributed by atoms with Crippen molar-refractivity contribution in [1.29, 1.82) is 0 Å². The van der Waals surface area contributed by atoms with Crippen LogP contribution in [0.25, 0.3) is 0 Å². The Morgan fingerprint density at radius 2 is 1.79 bits per heavy atom. The molecular weight excluding hydrogens is 366 g/mol. The van der Waals surface area contributed by atoms with Crippen molar-refractivity contribution in [3.05, 3.63) is 29.8 Å². The van der Waals surface area contributed by atoms with Gasteiger partial charge in [-0.25, -0.2) is 0 Å². The van der Waals surface area contributed by atoms with Crippen LogP contribution in [0.1, 0.15) is 62.7 Å². The van der Waals surface area contributed by atoms with E-state index in [1.807, 2.05) is 0 Å². The lowest BCUT2D eigenvalue weighted by Crippen LogP contribution is -2.37. The fourth-order valence-corrected chi connectivity index (χ4v) is 3.34. The summed E-state index contributed by atoms with van der Waals surface area (Å²) in [5.41, 5.74) is 0.525. The molecule has 1 aliphatic heterocycles. The van der Waals surface area contributed by atoms with Crippen LogP contribution in [-0.2, 0) is 4.79 Å². The lowest BCUT2D eigenvalue weighted by molar-refractivity contribution is -0.120. The molecule has 1 aliphatic rings. The van der Waals surface area contributed by atoms with E-state index in [9.17, 15) is 9.59 Å². The maximum absolute atomic E-state index is 12.2. The van der Waals surface area contributed by atoms with E-state index in [2.05, 4.69) is 29.4 Å². The average Bonchev–Trinajstić information content (AvgIpc) is 2.74. The van der Waals surface area contributed by atoms with Crippen LogP contribution >= 0.6 is 0 Å². The zero-order valence-corrected chi connectivity index (χ0v) is 18.0. The molecule has 162 valence electrons. The molecule has 0 aromatic heterocycles. The van der Waals surface area contributed by atoms with Crippen LogP contribution in [0.4, 0.5) is 0 Å². The number of hydrogen-bond donors (Lipinski definition) is 2. The average molecular weight is 404 g/mol. The molecule has 6 nitrogen and oxygen atoms in total. The fourth-order valence-electron chi connectivity index (χ4n) is 3.34. The Labute approximate surface area is 175 Å². The molecule has 1 heterocycles. The monoisotopic (exact) mass is 403 g/mol. The highest BCUT2D eigenvalue weighted by atomic mass is 16.5. The lowest BCUT2D eigenvalue weighted by atomic mass is 9.99. The van der Waals surface area contributed by atoms with Crippen LogP contribution in [0.2, 0.25) is 0 Å². The van der Waals surface area contributed by atoms with Gasteiger partial charge >= 0.3 is 0 Å². The largest absolute Gasteiger partial charge is 0.494 e. The molecule has 0 bridgehead atoms. The van der Waals surface area contributed by atoms with E-state index in [1.165, 1.54) is 25.9 Å². The van der Waals surface area contributed by atoms with E-state index in [-0.39, 0.29) is 18.4 Å². The number of hydrogen-bond acceptors (Lipinski definition) is 4. The predicted molar refractivity (Wildman–Crippen MR) is 116 cm³/mol. The third-order valence-corrected chi connectivity index (χ3v) is 5.39. The standard InChI is InChI=1S/C23H37N3O3/c1-3-4-17-29-21-9-7-20(8-10-21)23(28)25-18-22(27)24-13-5-6-14-26-15-11-19(2)12-16-26/h7-10,19H,3-6,11-18H2,1-2H3,(H,24,27)(H,25,28). The first-order chi connectivity index (χ1) is 14.1. The van der Waals surface area contributed by atoms with Gasteiger partial charge in [0.05, 0.1) is 13.2 Å². The molecule has 1 saturated heterocycles. The van der Waals surface area contributed by atoms with E-state index in [1.54, 1.807) is 24.3 Å². The maximum atomic E-state index is 12.2. The Morgan fingerprint density at radius 1 is 1.07 bits per heavy atom. The minimum atomic E-state index is -0.250. The minimum Gasteiger partial charge on any atom is -0.494 e. The number of nitrogens with zero attached hydrogens (tertiary/aromatic N) is 1. The van der Waals surface area contributed by atoms with Crippen LogP contribution in [-0.4, -0.2) is 56.0 Å². The van der Waals surface area contributed by atoms with Gasteiger partial charge in [0.15, 0.2) is 0 Å². The van der Waals surface area contributed by atoms with Crippen molar-refractivity contribution in [3.63, 3.8) is 0 Å². The third-order valence-electron chi connectivity index (χ3n) is 5.39. The zero-order chi connectivity index (χ0) is 20.9. The topological polar surface area (TPSA) is 70.7 Å². The van der Waals surface area contributed by atoms with Gasteiger partial charge in [-0.1, -0.05) is 20.3 Å². The second kappa shape index (κ2) is 13.2. The number of benzene rings is 1. The van der Waals surface area contributed by atoms with Crippen molar-refractivity contribution in [2.45, 2.75) is 52.4 Å². The van der Waals surface area contributed by atoms with Gasteiger partial charge in [0.1, 0.15) is 5.75 Å². The molecule has 2 N–H and O–H groups in total. The first-order valence-corrected chi connectivity index (χ1v) is 11.1. The molecule has 29 heavy (non-hydrogen) atoms. The van der Waals surface area contributed by atoms with Crippen molar-refractivity contribution >= 4 is 11.8 Å². The van der Waals surface area contributed by atoms with Gasteiger partial charge in [-0.3, -0.25) is 9.59 Å². The van der Waals surface area contributed by atoms with Crippen molar-refractivity contribution in [2.75, 3.05) is 39.3 Å². The lowest BCUT2D eigenvalue weighted by Gasteiger charge is -2.30. The van der Waals surface area contributed by atoms with E-state index in [0.29, 0.717) is 18.7 Å². The van der Waals surface area contributed by atoms with Crippen LogP contribution < -0.4 is 15.4 Å². The van der Waals surface area contributed by atoms with Gasteiger partial charge in [0.2, 0.25) is 5.91 Å². The van der Waals surface area contributed by atoms with Crippen molar-refractivity contribution in [1.82, 2.24) is 15.5 Å². The van der Waals surface area contributed by atoms with Gasteiger partial charge in [-0.15, -0.1) is 0 Å². The van der Waals surface area contributed by atoms with Crippen LogP contribution in [0.3, 0.4) is 0 Å². The number of carbonyl (C=O) groups excluding carboxylic acids is 2. The molecule has 0 aliphatic carbocycles. The predicted octanol–water partition coefficient (Wildman–Crippen LogP) is 3.22. The van der Waals surface area contributed by atoms with E-state index < -0.39 is 0 Å². The molecule has 1 aromatic carbocycles. The third kappa shape index (κ3) is 9.31. The number of carbonyl (C=O) groups is 2. The number of unbranched alkanes of at least 4 members (excludes halogenated alkanes) is 2. The minimum absolute atomic E-state index is 0.00238. The molecular formula is C23H37N3O3. The van der Waals surface area contributed by atoms with E-state index in [4.69, 9.17) is 4.74 Å². The van der Waals surface area contributed by atoms with Crippen molar-refractivity contribution in [2.24, 2.45) is 5.92 Å². The van der Waals surface area contributed by atoms with Crippen LogP contribution in [0, 0.1) is 5.92 Å². The van der Waals surface area contributed by atoms with Crippen LogP contribution in [0.5, 0.6) is 5.75 Å². The van der Waals surface area contributed by atoms with E-state index >= 15 is 0 Å². The normalized spacial score (nSPS) is 15.1. The number of nitrogens with one attached hydrogen (secondary N) is 2. The second-order valence-electron chi connectivity index (χ2n) is 7.99. The molecule has 1 fully saturated rings. The smallest absolute Gasteiger partial charge is 0.251 e. The molecule has 0 saturated carbocycles. The highest BCUT2D eigenvalue weighted by molar-refractivity contribution is 5.96. The molecule has 0 spiro atoms. The van der Waals surface area contributed by atoms with Gasteiger partial charge in [0, 0.05) is 12.1 Å². The summed E-state index contributed by atoms with van der Waals surface area (Å²) in [5.74, 6) is 1.22. The Balaban J connectivity index is 1.54. The molecule has 0 radical (unpaired) electrons. The molecule has 2 amide bonds. The highest BCUT2D eigenvalue weighted by Gasteiger charge is 2.14. The summed E-state index contributed by atoms with van der Waals surface area (Å²) in [6.07, 6.45) is 6.74. The highest BCUT2D eigenvalue weighted by Crippen LogP contribution is 2.16. The summed E-state index contributed by atoms with van der Waals surface area (Å²) in [5, 5.41) is 5.55. The van der Waals surface area contributed by atoms with Gasteiger partial charge < -0.3 is 20.3 Å². The molecule has 2 rings (SSSR count). The number of rotatable bonds is 12. The summed E-state index contributed by atoms with van der Waals surface area (Å²) in [6, 6.07) is 7.01. The zero-order valence-electron chi connectivity index (χ0n) is 18.0. The summed E-state index contributed by atoms with van der Waals surface area (Å²) < 4.78 is 5.59. The van der Waals surface area contributed by atoms with Gasteiger partial charge in [-0.2, -0.15) is 0 Å². The van der Waals surface area contributed by atoms with Crippen molar-refractivity contribution in [3.8, 4) is 5.75 Å². The van der Waals surface area contributed by atoms with Crippen molar-refractivity contribution < 1.29 is 14.3 Å². The van der Waals surface area contributed by atoms with Crippen LogP contribution in [0.15, 0.2) is 24.3 Å². The van der Waals surface area contributed by atoms with Gasteiger partial charge in [0.25, 0.3) is 5.91 Å². The summed E-state index contributed by atoms with van der Waals surface area (Å²) >= 11 is 0. The SMILES string of the molecule is CCCCOc1ccc(C(=O)NCC(=O)NCCCCN2CCC(C)CC2)cc1. The quantitative estimate of drug-likeness (QED) is 0.526. The summed E-state index contributed by atoms with van der Waals surface area (Å²) in [4.78, 5) is 26.6. The number of likely N-dealkylation sites (tertiary alicyclic amines) is 1. The molecule has 6 heteroatoms. The van der Waals surface area contributed by atoms with E-state index in [0.717, 1.165) is 43.9 Å². The number of ether oxygens (including phenoxy) is 1. The second-order valence-corrected chi connectivity index (χ2v) is 7.99.